The molecular formula is C17H16O2Se. The molecule has 3 rings (SSSR count). The van der Waals surface area contributed by atoms with Gasteiger partial charge in [0.1, 0.15) is 0 Å². The Balaban J connectivity index is 1.82. The van der Waals surface area contributed by atoms with Gasteiger partial charge in [-0.3, -0.25) is 0 Å². The molecule has 1 heterocycles. The Morgan fingerprint density at radius 2 is 1.65 bits per heavy atom. The number of hydrogen-bond acceptors (Lipinski definition) is 2. The van der Waals surface area contributed by atoms with Crippen molar-refractivity contribution in [2.45, 2.75) is 23.8 Å². The van der Waals surface area contributed by atoms with E-state index in [1.165, 1.54) is 4.46 Å². The van der Waals surface area contributed by atoms with Crippen LogP contribution in [0.4, 0.5) is 0 Å². The van der Waals surface area contributed by atoms with Crippen LogP contribution in [-0.4, -0.2) is 20.9 Å². The van der Waals surface area contributed by atoms with Crippen LogP contribution in [0.15, 0.2) is 60.7 Å². The zero-order chi connectivity index (χ0) is 13.8. The van der Waals surface area contributed by atoms with Crippen molar-refractivity contribution in [2.75, 3.05) is 0 Å². The monoisotopic (exact) mass is 332 g/mol. The van der Waals surface area contributed by atoms with E-state index in [1.807, 2.05) is 24.3 Å². The van der Waals surface area contributed by atoms with Crippen molar-refractivity contribution in [1.82, 2.24) is 0 Å². The minimum atomic E-state index is -0.409. The summed E-state index contributed by atoms with van der Waals surface area (Å²) in [5, 5.41) is 0.903. The van der Waals surface area contributed by atoms with E-state index >= 15 is 0 Å². The van der Waals surface area contributed by atoms with Gasteiger partial charge >= 0.3 is 125 Å². The fourth-order valence-corrected chi connectivity index (χ4v) is 4.82. The molecule has 0 N–H and O–H groups in total. The van der Waals surface area contributed by atoms with Crippen LogP contribution in [0.25, 0.3) is 0 Å². The number of carbonyl (C=O) groups is 1. The van der Waals surface area contributed by atoms with Crippen molar-refractivity contribution < 1.29 is 9.53 Å². The van der Waals surface area contributed by atoms with Crippen molar-refractivity contribution in [1.29, 1.82) is 0 Å². The van der Waals surface area contributed by atoms with Gasteiger partial charge in [0.25, 0.3) is 0 Å². The summed E-state index contributed by atoms with van der Waals surface area (Å²) >= 11 is 0.307. The van der Waals surface area contributed by atoms with Crippen LogP contribution in [-0.2, 0) is 15.1 Å². The summed E-state index contributed by atoms with van der Waals surface area (Å²) in [6.07, 6.45) is 1.32. The molecule has 2 aromatic carbocycles. The average molecular weight is 331 g/mol. The van der Waals surface area contributed by atoms with Gasteiger partial charge in [-0.2, -0.15) is 0 Å². The zero-order valence-electron chi connectivity index (χ0n) is 11.1. The predicted molar refractivity (Wildman–Crippen MR) is 80.1 cm³/mol. The summed E-state index contributed by atoms with van der Waals surface area (Å²) in [5.41, 5.74) is 0.720. The molecule has 1 aliphatic rings. The van der Waals surface area contributed by atoms with Gasteiger partial charge in [-0.1, -0.05) is 0 Å². The first-order valence-electron chi connectivity index (χ1n) is 6.74. The molecule has 0 radical (unpaired) electrons. The average Bonchev–Trinajstić information content (AvgIpc) is 2.90. The molecule has 3 heteroatoms. The number of esters is 1. The molecule has 1 fully saturated rings. The molecule has 0 unspecified atom stereocenters. The van der Waals surface area contributed by atoms with E-state index in [0.29, 0.717) is 21.4 Å². The molecule has 0 saturated carbocycles. The molecule has 1 saturated heterocycles. The molecule has 102 valence electrons. The van der Waals surface area contributed by atoms with Gasteiger partial charge in [-0.25, -0.2) is 0 Å². The van der Waals surface area contributed by atoms with Crippen LogP contribution in [0.1, 0.15) is 18.4 Å². The van der Waals surface area contributed by atoms with E-state index in [1.54, 1.807) is 0 Å². The topological polar surface area (TPSA) is 26.3 Å². The molecule has 0 bridgehead atoms. The zero-order valence-corrected chi connectivity index (χ0v) is 12.8. The van der Waals surface area contributed by atoms with Gasteiger partial charge in [0.05, 0.1) is 0 Å². The third-order valence-electron chi connectivity index (χ3n) is 3.56. The van der Waals surface area contributed by atoms with Crippen LogP contribution in [0.3, 0.4) is 0 Å². The molecule has 0 amide bonds. The number of hydrogen-bond donors (Lipinski definition) is 0. The molecular weight excluding hydrogens is 315 g/mol. The number of cyclic esters (lactones) is 1. The van der Waals surface area contributed by atoms with Crippen molar-refractivity contribution in [3.05, 3.63) is 66.2 Å². The first-order valence-corrected chi connectivity index (χ1v) is 8.81. The second-order valence-electron chi connectivity index (χ2n) is 4.94. The molecule has 2 nitrogen and oxygen atoms in total. The Morgan fingerprint density at radius 3 is 2.25 bits per heavy atom. The molecule has 0 spiro atoms. The summed E-state index contributed by atoms with van der Waals surface area (Å²) in [4.78, 5) is 11.6. The Kier molecular flexibility index (Phi) is 3.90. The van der Waals surface area contributed by atoms with Gasteiger partial charge in [-0.15, -0.1) is 0 Å². The van der Waals surface area contributed by atoms with Crippen LogP contribution in [0.2, 0.25) is 5.32 Å². The quantitative estimate of drug-likeness (QED) is 0.636. The molecule has 0 aromatic heterocycles. The summed E-state index contributed by atoms with van der Waals surface area (Å²) in [6, 6.07) is 20.6. The Bertz CT molecular complexity index is 582. The predicted octanol–water partition coefficient (Wildman–Crippen LogP) is 2.67. The number of rotatable bonds is 4. The molecule has 2 aromatic rings. The van der Waals surface area contributed by atoms with Gasteiger partial charge in [0, 0.05) is 0 Å². The van der Waals surface area contributed by atoms with E-state index < -0.39 is 5.60 Å². The molecule has 1 atom stereocenters. The summed E-state index contributed by atoms with van der Waals surface area (Å²) in [6.45, 7) is 0. The number of carbonyl (C=O) groups excluding carboxylic acids is 1. The Hall–Kier alpha value is -1.57. The summed E-state index contributed by atoms with van der Waals surface area (Å²) < 4.78 is 7.08. The Labute approximate surface area is 125 Å². The van der Waals surface area contributed by atoms with Crippen LogP contribution in [0.5, 0.6) is 0 Å². The first-order chi connectivity index (χ1) is 9.78. The van der Waals surface area contributed by atoms with Crippen molar-refractivity contribution in [3.63, 3.8) is 0 Å². The fraction of sp³-hybridized carbons (Fsp3) is 0.235. The summed E-state index contributed by atoms with van der Waals surface area (Å²) in [7, 11) is 0. The van der Waals surface area contributed by atoms with Crippen molar-refractivity contribution >= 4 is 25.4 Å². The third-order valence-corrected chi connectivity index (χ3v) is 6.11. The van der Waals surface area contributed by atoms with Gasteiger partial charge in [-0.05, 0) is 0 Å². The maximum atomic E-state index is 11.6. The van der Waals surface area contributed by atoms with E-state index in [4.69, 9.17) is 4.74 Å². The van der Waals surface area contributed by atoms with Gasteiger partial charge in [0.2, 0.25) is 0 Å². The fourth-order valence-electron chi connectivity index (χ4n) is 2.47. The molecule has 0 aliphatic carbocycles. The van der Waals surface area contributed by atoms with Crippen LogP contribution >= 0.6 is 0 Å². The second-order valence-corrected chi connectivity index (χ2v) is 7.14. The van der Waals surface area contributed by atoms with E-state index in [-0.39, 0.29) is 5.97 Å². The van der Waals surface area contributed by atoms with E-state index in [9.17, 15) is 4.79 Å². The summed E-state index contributed by atoms with van der Waals surface area (Å²) in [5.74, 6) is -0.0716. The van der Waals surface area contributed by atoms with Gasteiger partial charge in [0.15, 0.2) is 0 Å². The van der Waals surface area contributed by atoms with Crippen molar-refractivity contribution in [2.24, 2.45) is 0 Å². The number of benzene rings is 2. The van der Waals surface area contributed by atoms with Crippen molar-refractivity contribution in [3.8, 4) is 0 Å². The Morgan fingerprint density at radius 1 is 1.00 bits per heavy atom. The SMILES string of the molecule is O=C1CC[C@](C[Se]c2ccccc2)(c2ccccc2)O1. The second kappa shape index (κ2) is 5.82. The van der Waals surface area contributed by atoms with E-state index in [2.05, 4.69) is 36.4 Å². The minimum absolute atomic E-state index is 0.0716. The molecule has 20 heavy (non-hydrogen) atoms. The van der Waals surface area contributed by atoms with Gasteiger partial charge < -0.3 is 0 Å². The first kappa shape index (κ1) is 13.4. The maximum absolute atomic E-state index is 11.6. The van der Waals surface area contributed by atoms with Crippen LogP contribution < -0.4 is 4.46 Å². The third kappa shape index (κ3) is 2.79. The normalized spacial score (nSPS) is 21.7. The van der Waals surface area contributed by atoms with Crippen LogP contribution in [0, 0.1) is 0 Å². The van der Waals surface area contributed by atoms with E-state index in [0.717, 1.165) is 17.3 Å². The number of ether oxygens (including phenoxy) is 1. The molecule has 1 aliphatic heterocycles. The standard InChI is InChI=1S/C17H16O2Se/c18-16-11-12-17(19-16,14-7-3-1-4-8-14)13-20-15-9-5-2-6-10-15/h1-10H,11-13H2/t17-/m0/s1.